The molecule has 0 aromatic heterocycles. The molecular formula is C44H70O8. The van der Waals surface area contributed by atoms with Crippen molar-refractivity contribution in [2.75, 3.05) is 0 Å². The van der Waals surface area contributed by atoms with E-state index in [1.54, 1.807) is 19.9 Å². The monoisotopic (exact) mass is 727 g/mol. The Bertz CT molecular complexity index is 1310. The van der Waals surface area contributed by atoms with Gasteiger partial charge in [0, 0.05) is 24.8 Å². The molecule has 1 aliphatic rings. The van der Waals surface area contributed by atoms with Gasteiger partial charge in [0.15, 0.2) is 0 Å². The summed E-state index contributed by atoms with van der Waals surface area (Å²) < 4.78 is 11.9. The van der Waals surface area contributed by atoms with Gasteiger partial charge in [-0.3, -0.25) is 4.79 Å². The van der Waals surface area contributed by atoms with Gasteiger partial charge >= 0.3 is 11.9 Å². The third kappa shape index (κ3) is 21.5. The van der Waals surface area contributed by atoms with Gasteiger partial charge in [-0.25, -0.2) is 4.79 Å². The highest BCUT2D eigenvalue weighted by Gasteiger charge is 2.26. The summed E-state index contributed by atoms with van der Waals surface area (Å²) in [5, 5.41) is 39.3. The van der Waals surface area contributed by atoms with E-state index < -0.39 is 30.4 Å². The summed E-state index contributed by atoms with van der Waals surface area (Å²) in [6.07, 6.45) is 19.0. The zero-order valence-electron chi connectivity index (χ0n) is 33.7. The average Bonchev–Trinajstić information content (AvgIpc) is 3.02. The largest absolute Gasteiger partial charge is 0.462 e. The molecule has 0 spiro atoms. The maximum absolute atomic E-state index is 12.9. The fourth-order valence-corrected chi connectivity index (χ4v) is 6.48. The summed E-state index contributed by atoms with van der Waals surface area (Å²) in [6, 6.07) is 0. The van der Waals surface area contributed by atoms with Gasteiger partial charge < -0.3 is 29.9 Å². The highest BCUT2D eigenvalue weighted by molar-refractivity contribution is 5.82. The van der Waals surface area contributed by atoms with E-state index in [0.29, 0.717) is 38.5 Å². The first kappa shape index (κ1) is 47.0. The fraction of sp³-hybridized carbons (Fsp3) is 0.636. The Morgan fingerprint density at radius 2 is 1.63 bits per heavy atom. The third-order valence-corrected chi connectivity index (χ3v) is 9.39. The van der Waals surface area contributed by atoms with Crippen molar-refractivity contribution >= 4 is 11.9 Å². The summed E-state index contributed by atoms with van der Waals surface area (Å²) >= 11 is 0. The number of ether oxygens (including phenoxy) is 2. The minimum Gasteiger partial charge on any atom is -0.462 e. The Balaban J connectivity index is 2.84. The highest BCUT2D eigenvalue weighted by atomic mass is 16.5. The number of allylic oxidation sites excluding steroid dienone is 10. The smallest absolute Gasteiger partial charge is 0.331 e. The molecule has 1 unspecified atom stereocenters. The first-order valence-electron chi connectivity index (χ1n) is 19.2. The SMILES string of the molecule is CC(/C=C\C(=O)OC1CCCC(=O)O[C@@H]([C@@H](C)C/C(C)=C/[C@@H](C)[C@H](O)C[C@@H](C)O)C/C=C(\C)C[C@H]1C)=C\C(C)=C\C=C\C(C)=C\C[C@H](O)C[C@H](C)O. The standard InChI is InChI=1S/C44H70O8/c1-29(17-20-39(47)27-37(9)45)13-11-14-30(2)23-31(3)19-22-44(50)51-41-15-12-16-43(49)52-42(21-18-32(4)24-35(41)7)36(8)26-33(5)25-34(6)40(48)28-38(10)46/h11,13-14,17-19,22-23,25,34-42,45-48H,12,15-16,20-21,24,26-28H2,1-10H3/b13-11+,22-19-,29-17+,30-14+,31-23+,32-18+,33-25+/t34-,35-,36+,37+,38-,39+,40-,41?,42-/m1/s1. The molecular weight excluding hydrogens is 656 g/mol. The van der Waals surface area contributed by atoms with E-state index in [-0.39, 0.29) is 42.4 Å². The quantitative estimate of drug-likeness (QED) is 0.0507. The molecule has 9 atom stereocenters. The molecule has 0 bridgehead atoms. The van der Waals surface area contributed by atoms with Crippen LogP contribution < -0.4 is 0 Å². The Kier molecular flexibility index (Phi) is 22.6. The molecule has 0 amide bonds. The maximum Gasteiger partial charge on any atom is 0.331 e. The van der Waals surface area contributed by atoms with Crippen LogP contribution in [0.15, 0.2) is 82.5 Å². The number of carbonyl (C=O) groups is 2. The number of aliphatic hydroxyl groups is 4. The Hall–Kier alpha value is -3.04. The topological polar surface area (TPSA) is 134 Å². The number of aliphatic hydroxyl groups excluding tert-OH is 4. The van der Waals surface area contributed by atoms with E-state index in [0.717, 1.165) is 40.7 Å². The van der Waals surface area contributed by atoms with Crippen LogP contribution in [-0.2, 0) is 19.1 Å². The van der Waals surface area contributed by atoms with Crippen molar-refractivity contribution in [2.24, 2.45) is 17.8 Å². The van der Waals surface area contributed by atoms with E-state index in [1.807, 2.05) is 71.1 Å². The molecule has 0 saturated heterocycles. The van der Waals surface area contributed by atoms with Gasteiger partial charge in [0.05, 0.1) is 24.4 Å². The molecule has 0 aliphatic carbocycles. The molecule has 0 saturated carbocycles. The molecule has 294 valence electrons. The van der Waals surface area contributed by atoms with Gasteiger partial charge in [-0.2, -0.15) is 0 Å². The van der Waals surface area contributed by atoms with Crippen molar-refractivity contribution in [3.8, 4) is 0 Å². The Morgan fingerprint density at radius 3 is 2.29 bits per heavy atom. The lowest BCUT2D eigenvalue weighted by Gasteiger charge is -2.27. The van der Waals surface area contributed by atoms with Crippen LogP contribution in [0.5, 0.6) is 0 Å². The zero-order valence-corrected chi connectivity index (χ0v) is 33.7. The molecule has 4 N–H and O–H groups in total. The van der Waals surface area contributed by atoms with E-state index in [4.69, 9.17) is 9.47 Å². The lowest BCUT2D eigenvalue weighted by Crippen LogP contribution is -2.28. The minimum atomic E-state index is -0.614. The first-order chi connectivity index (χ1) is 24.4. The first-order valence-corrected chi connectivity index (χ1v) is 19.2. The number of esters is 2. The van der Waals surface area contributed by atoms with E-state index in [9.17, 15) is 30.0 Å². The van der Waals surface area contributed by atoms with Crippen LogP contribution in [0, 0.1) is 17.8 Å². The molecule has 8 heteroatoms. The molecule has 0 aromatic carbocycles. The van der Waals surface area contributed by atoms with E-state index >= 15 is 0 Å². The van der Waals surface area contributed by atoms with E-state index in [2.05, 4.69) is 26.8 Å². The summed E-state index contributed by atoms with van der Waals surface area (Å²) in [5.74, 6) is -0.590. The molecule has 0 fully saturated rings. The molecule has 1 aliphatic heterocycles. The lowest BCUT2D eigenvalue weighted by molar-refractivity contribution is -0.152. The normalized spacial score (nSPS) is 25.3. The zero-order chi connectivity index (χ0) is 39.4. The highest BCUT2D eigenvalue weighted by Crippen LogP contribution is 2.27. The number of cyclic esters (lactones) is 1. The number of hydrogen-bond donors (Lipinski definition) is 4. The molecule has 0 radical (unpaired) electrons. The molecule has 0 aromatic rings. The van der Waals surface area contributed by atoms with Gasteiger partial charge in [-0.15, -0.1) is 0 Å². The van der Waals surface area contributed by atoms with Crippen molar-refractivity contribution in [2.45, 2.75) is 164 Å². The summed E-state index contributed by atoms with van der Waals surface area (Å²) in [6.45, 7) is 19.5. The van der Waals surface area contributed by atoms with Crippen molar-refractivity contribution < 1.29 is 39.5 Å². The summed E-state index contributed by atoms with van der Waals surface area (Å²) in [5.41, 5.74) is 5.21. The van der Waals surface area contributed by atoms with Crippen molar-refractivity contribution in [3.05, 3.63) is 82.5 Å². The third-order valence-electron chi connectivity index (χ3n) is 9.39. The van der Waals surface area contributed by atoms with Crippen LogP contribution in [-0.4, -0.2) is 69.0 Å². The molecule has 1 heterocycles. The van der Waals surface area contributed by atoms with Crippen LogP contribution in [0.2, 0.25) is 0 Å². The van der Waals surface area contributed by atoms with Crippen LogP contribution in [0.4, 0.5) is 0 Å². The van der Waals surface area contributed by atoms with Gasteiger partial charge in [0.1, 0.15) is 12.2 Å². The van der Waals surface area contributed by atoms with Crippen LogP contribution in [0.3, 0.4) is 0 Å². The molecule has 1 rings (SSSR count). The second-order valence-electron chi connectivity index (χ2n) is 15.5. The Morgan fingerprint density at radius 1 is 0.962 bits per heavy atom. The van der Waals surface area contributed by atoms with Crippen LogP contribution in [0.1, 0.15) is 127 Å². The average molecular weight is 727 g/mol. The fourth-order valence-electron chi connectivity index (χ4n) is 6.48. The van der Waals surface area contributed by atoms with Crippen LogP contribution >= 0.6 is 0 Å². The second-order valence-corrected chi connectivity index (χ2v) is 15.5. The van der Waals surface area contributed by atoms with Crippen molar-refractivity contribution in [1.82, 2.24) is 0 Å². The maximum atomic E-state index is 12.9. The predicted molar refractivity (Wildman–Crippen MR) is 211 cm³/mol. The molecule has 8 nitrogen and oxygen atoms in total. The summed E-state index contributed by atoms with van der Waals surface area (Å²) in [7, 11) is 0. The van der Waals surface area contributed by atoms with Gasteiger partial charge in [-0.05, 0) is 105 Å². The van der Waals surface area contributed by atoms with Gasteiger partial charge in [0.25, 0.3) is 0 Å². The second kappa shape index (κ2) is 25.1. The van der Waals surface area contributed by atoms with Gasteiger partial charge in [0.2, 0.25) is 0 Å². The van der Waals surface area contributed by atoms with E-state index in [1.165, 1.54) is 6.08 Å². The summed E-state index contributed by atoms with van der Waals surface area (Å²) in [4.78, 5) is 25.8. The lowest BCUT2D eigenvalue weighted by atomic mass is 9.89. The Labute approximate surface area is 314 Å². The van der Waals surface area contributed by atoms with Gasteiger partial charge in [-0.1, -0.05) is 97.2 Å². The van der Waals surface area contributed by atoms with Crippen molar-refractivity contribution in [1.29, 1.82) is 0 Å². The minimum absolute atomic E-state index is 0.0762. The number of rotatable bonds is 17. The number of carbonyl (C=O) groups excluding carboxylic acids is 2. The predicted octanol–water partition coefficient (Wildman–Crippen LogP) is 8.57. The van der Waals surface area contributed by atoms with Crippen molar-refractivity contribution in [3.63, 3.8) is 0 Å². The molecule has 52 heavy (non-hydrogen) atoms. The van der Waals surface area contributed by atoms with Crippen LogP contribution in [0.25, 0.3) is 0 Å². The number of hydrogen-bond acceptors (Lipinski definition) is 8.